The van der Waals surface area contributed by atoms with E-state index in [0.717, 1.165) is 6.54 Å². The third kappa shape index (κ3) is 1.41. The Morgan fingerprint density at radius 3 is 2.94 bits per heavy atom. The van der Waals surface area contributed by atoms with E-state index in [1.807, 2.05) is 12.4 Å². The van der Waals surface area contributed by atoms with Gasteiger partial charge in [-0.25, -0.2) is 0 Å². The number of benzene rings is 1. The molecule has 0 aliphatic heterocycles. The van der Waals surface area contributed by atoms with Crippen molar-refractivity contribution in [1.82, 2.24) is 4.98 Å². The molecule has 0 saturated heterocycles. The topological polar surface area (TPSA) is 38.9 Å². The van der Waals surface area contributed by atoms with Crippen LogP contribution < -0.4 is 5.73 Å². The Morgan fingerprint density at radius 2 is 2.19 bits per heavy atom. The third-order valence-electron chi connectivity index (χ3n) is 3.84. The Balaban J connectivity index is 2.09. The zero-order valence-electron chi connectivity index (χ0n) is 9.26. The molecular formula is C14H16N2. The first-order valence-electron chi connectivity index (χ1n) is 5.93. The molecule has 1 fully saturated rings. The average molecular weight is 212 g/mol. The lowest BCUT2D eigenvalue weighted by atomic mass is 9.69. The van der Waals surface area contributed by atoms with Crippen molar-refractivity contribution in [1.29, 1.82) is 0 Å². The van der Waals surface area contributed by atoms with Crippen LogP contribution in [-0.2, 0) is 0 Å². The Bertz CT molecular complexity index is 500. The SMILES string of the molecule is NCC1CCC1c1cccc2ccncc12. The van der Waals surface area contributed by atoms with Gasteiger partial charge in [-0.2, -0.15) is 0 Å². The zero-order chi connectivity index (χ0) is 11.0. The second-order valence-corrected chi connectivity index (χ2v) is 4.62. The van der Waals surface area contributed by atoms with Crippen molar-refractivity contribution < 1.29 is 0 Å². The first kappa shape index (κ1) is 9.79. The van der Waals surface area contributed by atoms with Crippen molar-refractivity contribution in [2.75, 3.05) is 6.54 Å². The lowest BCUT2D eigenvalue weighted by molar-refractivity contribution is 0.265. The maximum Gasteiger partial charge on any atom is 0.0349 e. The maximum absolute atomic E-state index is 5.79. The summed E-state index contributed by atoms with van der Waals surface area (Å²) in [7, 11) is 0. The number of nitrogens with two attached hydrogens (primary N) is 1. The van der Waals surface area contributed by atoms with Crippen LogP contribution in [0.3, 0.4) is 0 Å². The van der Waals surface area contributed by atoms with Crippen molar-refractivity contribution >= 4 is 10.8 Å². The maximum atomic E-state index is 5.79. The van der Waals surface area contributed by atoms with Gasteiger partial charge in [-0.05, 0) is 48.2 Å². The van der Waals surface area contributed by atoms with Crippen LogP contribution in [0.2, 0.25) is 0 Å². The number of pyridine rings is 1. The second-order valence-electron chi connectivity index (χ2n) is 4.62. The Kier molecular flexibility index (Phi) is 2.37. The van der Waals surface area contributed by atoms with E-state index in [9.17, 15) is 0 Å². The van der Waals surface area contributed by atoms with Crippen molar-refractivity contribution in [3.63, 3.8) is 0 Å². The standard InChI is InChI=1S/C14H16N2/c15-8-11-4-5-12(11)13-3-1-2-10-6-7-16-9-14(10)13/h1-3,6-7,9,11-12H,4-5,8,15H2. The fourth-order valence-corrected chi connectivity index (χ4v) is 2.72. The quantitative estimate of drug-likeness (QED) is 0.831. The smallest absolute Gasteiger partial charge is 0.0349 e. The Hall–Kier alpha value is -1.41. The molecule has 3 rings (SSSR count). The molecule has 2 unspecified atom stereocenters. The summed E-state index contributed by atoms with van der Waals surface area (Å²) in [6.45, 7) is 0.807. The first-order valence-corrected chi connectivity index (χ1v) is 5.93. The van der Waals surface area contributed by atoms with Crippen LogP contribution in [0, 0.1) is 5.92 Å². The van der Waals surface area contributed by atoms with Gasteiger partial charge in [-0.1, -0.05) is 18.2 Å². The summed E-state index contributed by atoms with van der Waals surface area (Å²) in [6.07, 6.45) is 6.39. The van der Waals surface area contributed by atoms with Crippen molar-refractivity contribution in [3.05, 3.63) is 42.2 Å². The average Bonchev–Trinajstić information content (AvgIpc) is 2.29. The zero-order valence-corrected chi connectivity index (χ0v) is 9.26. The number of hydrogen-bond donors (Lipinski definition) is 1. The van der Waals surface area contributed by atoms with Crippen LogP contribution in [0.15, 0.2) is 36.7 Å². The van der Waals surface area contributed by atoms with Crippen LogP contribution >= 0.6 is 0 Å². The van der Waals surface area contributed by atoms with E-state index in [2.05, 4.69) is 29.2 Å². The Labute approximate surface area is 95.5 Å². The predicted molar refractivity (Wildman–Crippen MR) is 66.3 cm³/mol. The van der Waals surface area contributed by atoms with E-state index in [0.29, 0.717) is 11.8 Å². The van der Waals surface area contributed by atoms with E-state index < -0.39 is 0 Å². The normalized spacial score (nSPS) is 24.3. The summed E-state index contributed by atoms with van der Waals surface area (Å²) >= 11 is 0. The van der Waals surface area contributed by atoms with Gasteiger partial charge in [0.15, 0.2) is 0 Å². The molecule has 2 N–H and O–H groups in total. The lowest BCUT2D eigenvalue weighted by Crippen LogP contribution is -2.30. The number of nitrogens with zero attached hydrogens (tertiary/aromatic N) is 1. The summed E-state index contributed by atoms with van der Waals surface area (Å²) in [4.78, 5) is 4.23. The highest BCUT2D eigenvalue weighted by Crippen LogP contribution is 2.43. The van der Waals surface area contributed by atoms with Gasteiger partial charge in [0.1, 0.15) is 0 Å². The highest BCUT2D eigenvalue weighted by molar-refractivity contribution is 5.85. The highest BCUT2D eigenvalue weighted by Gasteiger charge is 2.31. The monoisotopic (exact) mass is 212 g/mol. The van der Waals surface area contributed by atoms with Crippen molar-refractivity contribution in [2.45, 2.75) is 18.8 Å². The van der Waals surface area contributed by atoms with E-state index in [-0.39, 0.29) is 0 Å². The molecule has 2 aromatic rings. The molecule has 0 bridgehead atoms. The number of aromatic nitrogens is 1. The van der Waals surface area contributed by atoms with Gasteiger partial charge in [0.2, 0.25) is 0 Å². The fourth-order valence-electron chi connectivity index (χ4n) is 2.72. The van der Waals surface area contributed by atoms with E-state index in [4.69, 9.17) is 5.73 Å². The number of fused-ring (bicyclic) bond motifs is 1. The fraction of sp³-hybridized carbons (Fsp3) is 0.357. The van der Waals surface area contributed by atoms with Crippen molar-refractivity contribution in [3.8, 4) is 0 Å². The van der Waals surface area contributed by atoms with Gasteiger partial charge in [0.25, 0.3) is 0 Å². The van der Waals surface area contributed by atoms with Crippen LogP contribution in [0.25, 0.3) is 10.8 Å². The highest BCUT2D eigenvalue weighted by atomic mass is 14.6. The minimum absolute atomic E-state index is 0.651. The minimum Gasteiger partial charge on any atom is -0.330 e. The molecule has 1 heterocycles. The van der Waals surface area contributed by atoms with Gasteiger partial charge < -0.3 is 5.73 Å². The largest absolute Gasteiger partial charge is 0.330 e. The molecule has 82 valence electrons. The third-order valence-corrected chi connectivity index (χ3v) is 3.84. The van der Waals surface area contributed by atoms with E-state index in [1.54, 1.807) is 0 Å². The molecule has 16 heavy (non-hydrogen) atoms. The van der Waals surface area contributed by atoms with Gasteiger partial charge in [0, 0.05) is 17.8 Å². The molecule has 1 aliphatic rings. The van der Waals surface area contributed by atoms with E-state index in [1.165, 1.54) is 29.2 Å². The summed E-state index contributed by atoms with van der Waals surface area (Å²) in [5, 5.41) is 2.59. The minimum atomic E-state index is 0.651. The molecule has 2 nitrogen and oxygen atoms in total. The Morgan fingerprint density at radius 1 is 1.25 bits per heavy atom. The predicted octanol–water partition coefficient (Wildman–Crippen LogP) is 2.69. The molecule has 0 spiro atoms. The first-order chi connectivity index (χ1) is 7.90. The molecule has 0 amide bonds. The number of hydrogen-bond acceptors (Lipinski definition) is 2. The molecule has 2 atom stereocenters. The van der Waals surface area contributed by atoms with Crippen LogP contribution in [-0.4, -0.2) is 11.5 Å². The van der Waals surface area contributed by atoms with Gasteiger partial charge in [-0.3, -0.25) is 4.98 Å². The molecule has 1 saturated carbocycles. The van der Waals surface area contributed by atoms with Gasteiger partial charge in [0.05, 0.1) is 0 Å². The lowest BCUT2D eigenvalue weighted by Gasteiger charge is -2.36. The molecule has 0 radical (unpaired) electrons. The second kappa shape index (κ2) is 3.87. The molecular weight excluding hydrogens is 196 g/mol. The molecule has 1 aliphatic carbocycles. The van der Waals surface area contributed by atoms with E-state index >= 15 is 0 Å². The summed E-state index contributed by atoms with van der Waals surface area (Å²) < 4.78 is 0. The summed E-state index contributed by atoms with van der Waals surface area (Å²) in [5.74, 6) is 1.32. The van der Waals surface area contributed by atoms with Crippen molar-refractivity contribution in [2.24, 2.45) is 11.7 Å². The molecule has 1 aromatic carbocycles. The summed E-state index contributed by atoms with van der Waals surface area (Å²) in [5.41, 5.74) is 7.23. The number of rotatable bonds is 2. The van der Waals surface area contributed by atoms with Gasteiger partial charge in [-0.15, -0.1) is 0 Å². The molecule has 1 aromatic heterocycles. The van der Waals surface area contributed by atoms with Gasteiger partial charge >= 0.3 is 0 Å². The van der Waals surface area contributed by atoms with Crippen LogP contribution in [0.4, 0.5) is 0 Å². The van der Waals surface area contributed by atoms with Crippen LogP contribution in [0.1, 0.15) is 24.3 Å². The van der Waals surface area contributed by atoms with Crippen LogP contribution in [0.5, 0.6) is 0 Å². The summed E-state index contributed by atoms with van der Waals surface area (Å²) in [6, 6.07) is 8.60. The molecule has 2 heteroatoms.